The van der Waals surface area contributed by atoms with Gasteiger partial charge >= 0.3 is 6.03 Å². The predicted molar refractivity (Wildman–Crippen MR) is 32.0 cm³/mol. The van der Waals surface area contributed by atoms with E-state index in [1.165, 1.54) is 4.90 Å². The Morgan fingerprint density at radius 2 is 2.00 bits per heavy atom. The maximum atomic E-state index is 10.3. The Labute approximate surface area is 54.0 Å². The molecule has 1 saturated heterocycles. The van der Waals surface area contributed by atoms with Gasteiger partial charge in [-0.1, -0.05) is 5.73 Å². The monoisotopic (exact) mass is 127 g/mol. The van der Waals surface area contributed by atoms with Gasteiger partial charge in [0.15, 0.2) is 0 Å². The molecular weight excluding hydrogens is 118 g/mol. The molecule has 4 nitrogen and oxygen atoms in total. The summed E-state index contributed by atoms with van der Waals surface area (Å²) in [5.74, 6) is 0. The van der Waals surface area contributed by atoms with Crippen LogP contribution >= 0.6 is 0 Å². The van der Waals surface area contributed by atoms with Crippen LogP contribution < -0.4 is 11.1 Å². The number of piperazine rings is 1. The first-order chi connectivity index (χ1) is 4.30. The third kappa shape index (κ3) is 1.57. The van der Waals surface area contributed by atoms with Crippen molar-refractivity contribution in [3.05, 3.63) is 0 Å². The molecule has 4 heteroatoms. The Bertz CT molecular complexity index is 109. The van der Waals surface area contributed by atoms with Crippen LogP contribution in [0.3, 0.4) is 0 Å². The summed E-state index contributed by atoms with van der Waals surface area (Å²) in [6, 6.07) is -0.809. The molecule has 0 aromatic carbocycles. The number of nitrogens with one attached hydrogen (secondary N) is 1. The second kappa shape index (κ2) is 2.68. The molecule has 1 rings (SSSR count). The van der Waals surface area contributed by atoms with Crippen molar-refractivity contribution >= 4 is 6.03 Å². The van der Waals surface area contributed by atoms with Crippen LogP contribution in [0.4, 0.5) is 4.79 Å². The Balaban J connectivity index is 2.31. The van der Waals surface area contributed by atoms with E-state index in [2.05, 4.69) is 5.32 Å². The van der Waals surface area contributed by atoms with Crippen LogP contribution in [0.15, 0.2) is 0 Å². The summed E-state index contributed by atoms with van der Waals surface area (Å²) in [5, 5.41) is 3.06. The van der Waals surface area contributed by atoms with Crippen LogP contribution in [0.5, 0.6) is 0 Å². The summed E-state index contributed by atoms with van der Waals surface area (Å²) in [6.45, 7) is 2.81. The highest BCUT2D eigenvalue weighted by molar-refractivity contribution is 5.71. The molecule has 0 aromatic rings. The van der Waals surface area contributed by atoms with E-state index >= 15 is 0 Å². The molecule has 1 N–H and O–H groups in total. The second-order valence-electron chi connectivity index (χ2n) is 2.02. The summed E-state index contributed by atoms with van der Waals surface area (Å²) in [7, 11) is 0. The lowest BCUT2D eigenvalue weighted by molar-refractivity contribution is 0.198. The van der Waals surface area contributed by atoms with Gasteiger partial charge in [0.2, 0.25) is 0 Å². The van der Waals surface area contributed by atoms with E-state index in [0.29, 0.717) is 13.1 Å². The van der Waals surface area contributed by atoms with Crippen LogP contribution in [0.2, 0.25) is 0 Å². The number of hydrogen-bond acceptors (Lipinski definition) is 2. The predicted octanol–water partition coefficient (Wildman–Crippen LogP) is -0.920. The van der Waals surface area contributed by atoms with E-state index in [4.69, 9.17) is 5.73 Å². The smallest absolute Gasteiger partial charge is 0.319 e. The van der Waals surface area contributed by atoms with Gasteiger partial charge in [0, 0.05) is 26.2 Å². The zero-order chi connectivity index (χ0) is 6.69. The molecule has 1 aliphatic heterocycles. The summed E-state index contributed by atoms with van der Waals surface area (Å²) in [5.41, 5.74) is 8.44. The zero-order valence-corrected chi connectivity index (χ0v) is 5.13. The summed E-state index contributed by atoms with van der Waals surface area (Å²) in [4.78, 5) is 11.7. The normalized spacial score (nSPS) is 19.8. The number of urea groups is 1. The van der Waals surface area contributed by atoms with E-state index in [9.17, 15) is 4.79 Å². The molecule has 0 aliphatic carbocycles. The highest BCUT2D eigenvalue weighted by atomic mass is 16.2. The molecule has 9 heavy (non-hydrogen) atoms. The molecule has 0 bridgehead atoms. The summed E-state index contributed by atoms with van der Waals surface area (Å²) >= 11 is 0. The number of amides is 2. The Morgan fingerprint density at radius 3 is 2.33 bits per heavy atom. The number of nitrogens with zero attached hydrogens (tertiary/aromatic N) is 2. The Kier molecular flexibility index (Phi) is 1.89. The molecule has 0 saturated carbocycles. The van der Waals surface area contributed by atoms with Gasteiger partial charge in [-0.05, 0) is 0 Å². The largest absolute Gasteiger partial charge is 0.362 e. The van der Waals surface area contributed by atoms with Crippen molar-refractivity contribution in [1.82, 2.24) is 16.0 Å². The number of rotatable bonds is 0. The molecule has 2 amide bonds. The fourth-order valence-electron chi connectivity index (χ4n) is 0.856. The van der Waals surface area contributed by atoms with Gasteiger partial charge < -0.3 is 10.2 Å². The van der Waals surface area contributed by atoms with Crippen LogP contribution in [-0.4, -0.2) is 37.1 Å². The highest BCUT2D eigenvalue weighted by Gasteiger charge is 2.13. The molecule has 50 valence electrons. The lowest BCUT2D eigenvalue weighted by atomic mass is 10.4. The molecule has 0 unspecified atom stereocenters. The second-order valence-corrected chi connectivity index (χ2v) is 2.02. The van der Waals surface area contributed by atoms with Gasteiger partial charge in [0.05, 0.1) is 0 Å². The first-order valence-electron chi connectivity index (χ1n) is 2.99. The van der Waals surface area contributed by atoms with Gasteiger partial charge in [-0.15, -0.1) is 0 Å². The summed E-state index contributed by atoms with van der Waals surface area (Å²) in [6.07, 6.45) is 0. The molecule has 1 fully saturated rings. The van der Waals surface area contributed by atoms with Crippen molar-refractivity contribution in [3.8, 4) is 0 Å². The summed E-state index contributed by atoms with van der Waals surface area (Å²) < 4.78 is 0. The molecule has 0 atom stereocenters. The van der Waals surface area contributed by atoms with E-state index in [-0.39, 0.29) is 0 Å². The molecule has 1 aliphatic rings. The first-order valence-corrected chi connectivity index (χ1v) is 2.99. The maximum Gasteiger partial charge on any atom is 0.362 e. The van der Waals surface area contributed by atoms with Gasteiger partial charge in [-0.2, -0.15) is 0 Å². The van der Waals surface area contributed by atoms with E-state index in [0.717, 1.165) is 13.1 Å². The lowest BCUT2D eigenvalue weighted by Gasteiger charge is -2.23. The average molecular weight is 127 g/mol. The van der Waals surface area contributed by atoms with Gasteiger partial charge in [-0.3, -0.25) is 0 Å². The molecule has 2 radical (unpaired) electrons. The Hall–Kier alpha value is -0.770. The number of hydrogen-bond donors (Lipinski definition) is 1. The minimum atomic E-state index is -0.809. The third-order valence-electron chi connectivity index (χ3n) is 1.39. The average Bonchev–Trinajstić information content (AvgIpc) is 1.90. The van der Waals surface area contributed by atoms with Gasteiger partial charge in [0.1, 0.15) is 0 Å². The highest BCUT2D eigenvalue weighted by Crippen LogP contribution is 1.90. The molecule has 0 spiro atoms. The molecular formula is C5H9N3O. The van der Waals surface area contributed by atoms with Crippen molar-refractivity contribution in [2.75, 3.05) is 26.2 Å². The lowest BCUT2D eigenvalue weighted by Crippen LogP contribution is -2.46. The fourth-order valence-corrected chi connectivity index (χ4v) is 0.856. The van der Waals surface area contributed by atoms with Crippen molar-refractivity contribution in [2.45, 2.75) is 0 Å². The van der Waals surface area contributed by atoms with Crippen molar-refractivity contribution in [1.29, 1.82) is 0 Å². The number of carbonyl (C=O) groups excluding carboxylic acids is 1. The first kappa shape index (κ1) is 6.35. The van der Waals surface area contributed by atoms with Crippen LogP contribution in [-0.2, 0) is 0 Å². The standard InChI is InChI=1S/C5H9N3O/c6-5(9)8-3-1-7-2-4-8/h7H,1-4H2. The number of carbonyl (C=O) groups is 1. The van der Waals surface area contributed by atoms with Crippen LogP contribution in [0.1, 0.15) is 0 Å². The van der Waals surface area contributed by atoms with E-state index in [1.807, 2.05) is 0 Å². The SMILES string of the molecule is [N]C(=O)N1CCNCC1. The van der Waals surface area contributed by atoms with Gasteiger partial charge in [0.25, 0.3) is 0 Å². The van der Waals surface area contributed by atoms with Crippen LogP contribution in [0, 0.1) is 0 Å². The minimum Gasteiger partial charge on any atom is -0.319 e. The van der Waals surface area contributed by atoms with Crippen molar-refractivity contribution in [3.63, 3.8) is 0 Å². The van der Waals surface area contributed by atoms with E-state index < -0.39 is 6.03 Å². The topological polar surface area (TPSA) is 54.6 Å². The molecule has 1 heterocycles. The molecule has 0 aromatic heterocycles. The van der Waals surface area contributed by atoms with Crippen molar-refractivity contribution < 1.29 is 4.79 Å². The van der Waals surface area contributed by atoms with Crippen molar-refractivity contribution in [2.24, 2.45) is 0 Å². The van der Waals surface area contributed by atoms with Crippen LogP contribution in [0.25, 0.3) is 0 Å². The Morgan fingerprint density at radius 1 is 1.44 bits per heavy atom. The van der Waals surface area contributed by atoms with Gasteiger partial charge in [-0.25, -0.2) is 4.79 Å². The quantitative estimate of drug-likeness (QED) is 0.457. The zero-order valence-electron chi connectivity index (χ0n) is 5.13. The fraction of sp³-hybridized carbons (Fsp3) is 0.800. The maximum absolute atomic E-state index is 10.3. The van der Waals surface area contributed by atoms with E-state index in [1.54, 1.807) is 0 Å². The minimum absolute atomic E-state index is 0.620. The third-order valence-corrected chi connectivity index (χ3v) is 1.39.